The van der Waals surface area contributed by atoms with Gasteiger partial charge in [0.2, 0.25) is 5.91 Å². The van der Waals surface area contributed by atoms with Crippen molar-refractivity contribution in [1.29, 1.82) is 0 Å². The van der Waals surface area contributed by atoms with E-state index in [9.17, 15) is 19.8 Å². The summed E-state index contributed by atoms with van der Waals surface area (Å²) in [5.41, 5.74) is 0.210. The minimum absolute atomic E-state index is 0.0429. The summed E-state index contributed by atoms with van der Waals surface area (Å²) in [7, 11) is 0. The molecule has 1 saturated heterocycles. The molecular weight excluding hydrogens is 324 g/mol. The molecule has 1 aromatic carbocycles. The van der Waals surface area contributed by atoms with Crippen LogP contribution in [0.5, 0.6) is 0 Å². The van der Waals surface area contributed by atoms with E-state index in [1.54, 1.807) is 20.8 Å². The molecule has 1 aliphatic rings. The molecule has 0 aromatic heterocycles. The molecule has 3 N–H and O–H groups in total. The molecular formula is C18H26N2O5. The Kier molecular flexibility index (Phi) is 6.02. The highest BCUT2D eigenvalue weighted by atomic mass is 16.6. The van der Waals surface area contributed by atoms with Gasteiger partial charge in [-0.3, -0.25) is 4.79 Å². The molecule has 2 rings (SSSR count). The maximum absolute atomic E-state index is 12.8. The average Bonchev–Trinajstić information content (AvgIpc) is 2.84. The first-order chi connectivity index (χ1) is 11.7. The molecule has 0 spiro atoms. The fourth-order valence-corrected chi connectivity index (χ4v) is 2.67. The van der Waals surface area contributed by atoms with Crippen molar-refractivity contribution in [2.75, 3.05) is 13.1 Å². The molecule has 1 aromatic rings. The van der Waals surface area contributed by atoms with Gasteiger partial charge in [0, 0.05) is 19.5 Å². The van der Waals surface area contributed by atoms with Crippen molar-refractivity contribution in [3.05, 3.63) is 35.9 Å². The predicted octanol–water partition coefficient (Wildman–Crippen LogP) is 0.686. The van der Waals surface area contributed by atoms with Gasteiger partial charge in [0.1, 0.15) is 11.6 Å². The summed E-state index contributed by atoms with van der Waals surface area (Å²) in [5.74, 6) is -0.356. The third-order valence-electron chi connectivity index (χ3n) is 3.84. The van der Waals surface area contributed by atoms with E-state index in [2.05, 4.69) is 5.32 Å². The van der Waals surface area contributed by atoms with Crippen LogP contribution in [0.1, 0.15) is 26.3 Å². The number of likely N-dealkylation sites (tertiary alicyclic amines) is 1. The lowest BCUT2D eigenvalue weighted by Crippen LogP contribution is -2.50. The van der Waals surface area contributed by atoms with Gasteiger partial charge in [-0.2, -0.15) is 0 Å². The Morgan fingerprint density at radius 2 is 1.76 bits per heavy atom. The summed E-state index contributed by atoms with van der Waals surface area (Å²) >= 11 is 0. The molecule has 0 aliphatic carbocycles. The topological polar surface area (TPSA) is 99.1 Å². The molecule has 1 aliphatic heterocycles. The molecule has 1 heterocycles. The fraction of sp³-hybridized carbons (Fsp3) is 0.556. The highest BCUT2D eigenvalue weighted by molar-refractivity contribution is 5.86. The van der Waals surface area contributed by atoms with Gasteiger partial charge in [0.05, 0.1) is 12.2 Å². The Hall–Kier alpha value is -2.12. The SMILES string of the molecule is CC(C)(C)OC(=O)N[C@@H](Cc1ccccc1)C(=O)N1CC(O)C(O)C1. The van der Waals surface area contributed by atoms with E-state index in [1.165, 1.54) is 4.90 Å². The molecule has 0 radical (unpaired) electrons. The van der Waals surface area contributed by atoms with Crippen molar-refractivity contribution in [2.24, 2.45) is 0 Å². The van der Waals surface area contributed by atoms with Crippen LogP contribution in [-0.2, 0) is 16.0 Å². The fourth-order valence-electron chi connectivity index (χ4n) is 2.67. The monoisotopic (exact) mass is 350 g/mol. The Morgan fingerprint density at radius 3 is 2.28 bits per heavy atom. The average molecular weight is 350 g/mol. The number of aliphatic hydroxyl groups is 2. The number of nitrogens with zero attached hydrogens (tertiary/aromatic N) is 1. The third-order valence-corrected chi connectivity index (χ3v) is 3.84. The summed E-state index contributed by atoms with van der Waals surface area (Å²) in [6.07, 6.45) is -2.32. The summed E-state index contributed by atoms with van der Waals surface area (Å²) in [6.45, 7) is 5.32. The highest BCUT2D eigenvalue weighted by Gasteiger charge is 2.36. The first-order valence-corrected chi connectivity index (χ1v) is 8.34. The van der Waals surface area contributed by atoms with E-state index >= 15 is 0 Å². The van der Waals surface area contributed by atoms with Crippen molar-refractivity contribution in [3.63, 3.8) is 0 Å². The van der Waals surface area contributed by atoms with Crippen molar-refractivity contribution in [3.8, 4) is 0 Å². The smallest absolute Gasteiger partial charge is 0.408 e. The normalized spacial score (nSPS) is 21.7. The lowest BCUT2D eigenvalue weighted by molar-refractivity contribution is -0.133. The van der Waals surface area contributed by atoms with Gasteiger partial charge in [0.25, 0.3) is 0 Å². The third kappa shape index (κ3) is 5.72. The maximum atomic E-state index is 12.8. The minimum atomic E-state index is -0.970. The van der Waals surface area contributed by atoms with E-state index in [-0.39, 0.29) is 19.0 Å². The number of benzene rings is 1. The van der Waals surface area contributed by atoms with Gasteiger partial charge in [-0.15, -0.1) is 0 Å². The molecule has 7 heteroatoms. The van der Waals surface area contributed by atoms with Crippen molar-refractivity contribution < 1.29 is 24.5 Å². The minimum Gasteiger partial charge on any atom is -0.444 e. The Balaban J connectivity index is 2.11. The van der Waals surface area contributed by atoms with Crippen LogP contribution >= 0.6 is 0 Å². The van der Waals surface area contributed by atoms with Crippen LogP contribution in [0.2, 0.25) is 0 Å². The number of alkyl carbamates (subject to hydrolysis) is 1. The zero-order valence-electron chi connectivity index (χ0n) is 14.8. The summed E-state index contributed by atoms with van der Waals surface area (Å²) in [4.78, 5) is 26.2. The van der Waals surface area contributed by atoms with E-state index in [0.717, 1.165) is 5.56 Å². The van der Waals surface area contributed by atoms with Gasteiger partial charge in [-0.1, -0.05) is 30.3 Å². The number of aliphatic hydroxyl groups excluding tert-OH is 2. The predicted molar refractivity (Wildman–Crippen MR) is 91.9 cm³/mol. The van der Waals surface area contributed by atoms with E-state index in [1.807, 2.05) is 30.3 Å². The molecule has 7 nitrogen and oxygen atoms in total. The van der Waals surface area contributed by atoms with Gasteiger partial charge < -0.3 is 25.2 Å². The zero-order valence-corrected chi connectivity index (χ0v) is 14.8. The molecule has 2 amide bonds. The van der Waals surface area contributed by atoms with E-state index < -0.39 is 29.9 Å². The largest absolute Gasteiger partial charge is 0.444 e. The Bertz CT molecular complexity index is 589. The van der Waals surface area contributed by atoms with Crippen LogP contribution in [0, 0.1) is 0 Å². The lowest BCUT2D eigenvalue weighted by Gasteiger charge is -2.26. The van der Waals surface area contributed by atoms with Crippen LogP contribution in [0.25, 0.3) is 0 Å². The summed E-state index contributed by atoms with van der Waals surface area (Å²) in [5, 5.41) is 21.9. The second kappa shape index (κ2) is 7.84. The van der Waals surface area contributed by atoms with Gasteiger partial charge in [0.15, 0.2) is 0 Å². The first kappa shape index (κ1) is 19.2. The van der Waals surface area contributed by atoms with Crippen molar-refractivity contribution >= 4 is 12.0 Å². The standard InChI is InChI=1S/C18H26N2O5/c1-18(2,3)25-17(24)19-13(9-12-7-5-4-6-8-12)16(23)20-10-14(21)15(22)11-20/h4-8,13-15,21-22H,9-11H2,1-3H3,(H,19,24)/t13-,14?,15?/m0/s1. The second-order valence-corrected chi connectivity index (χ2v) is 7.27. The van der Waals surface area contributed by atoms with Gasteiger partial charge in [-0.25, -0.2) is 4.79 Å². The lowest BCUT2D eigenvalue weighted by atomic mass is 10.0. The molecule has 0 saturated carbocycles. The molecule has 3 atom stereocenters. The zero-order chi connectivity index (χ0) is 18.6. The number of rotatable bonds is 4. The Morgan fingerprint density at radius 1 is 1.20 bits per heavy atom. The number of β-amino-alcohol motifs (C(OH)–C–C–N with tert-alkyl or cyclic N) is 2. The van der Waals surface area contributed by atoms with E-state index in [4.69, 9.17) is 4.74 Å². The number of amides is 2. The number of hydrogen-bond acceptors (Lipinski definition) is 5. The van der Waals surface area contributed by atoms with Crippen LogP contribution in [0.3, 0.4) is 0 Å². The Labute approximate surface area is 147 Å². The highest BCUT2D eigenvalue weighted by Crippen LogP contribution is 2.14. The first-order valence-electron chi connectivity index (χ1n) is 8.34. The molecule has 1 fully saturated rings. The number of carbonyl (C=O) groups excluding carboxylic acids is 2. The van der Waals surface area contributed by atoms with Crippen LogP contribution < -0.4 is 5.32 Å². The van der Waals surface area contributed by atoms with Gasteiger partial charge >= 0.3 is 6.09 Å². The van der Waals surface area contributed by atoms with Crippen molar-refractivity contribution in [2.45, 2.75) is 51.0 Å². The number of ether oxygens (including phenoxy) is 1. The van der Waals surface area contributed by atoms with Crippen LogP contribution in [0.4, 0.5) is 4.79 Å². The number of hydrogen-bond donors (Lipinski definition) is 3. The molecule has 25 heavy (non-hydrogen) atoms. The van der Waals surface area contributed by atoms with Gasteiger partial charge in [-0.05, 0) is 26.3 Å². The molecule has 2 unspecified atom stereocenters. The molecule has 138 valence electrons. The summed E-state index contributed by atoms with van der Waals surface area (Å²) < 4.78 is 5.24. The summed E-state index contributed by atoms with van der Waals surface area (Å²) in [6, 6.07) is 8.47. The number of carbonyl (C=O) groups is 2. The quantitative estimate of drug-likeness (QED) is 0.742. The van der Waals surface area contributed by atoms with E-state index in [0.29, 0.717) is 6.42 Å². The number of nitrogens with one attached hydrogen (secondary N) is 1. The maximum Gasteiger partial charge on any atom is 0.408 e. The molecule has 0 bridgehead atoms. The van der Waals surface area contributed by atoms with Crippen molar-refractivity contribution in [1.82, 2.24) is 10.2 Å². The second-order valence-electron chi connectivity index (χ2n) is 7.27. The van der Waals surface area contributed by atoms with Crippen LogP contribution in [-0.4, -0.2) is 64.1 Å². The van der Waals surface area contributed by atoms with Crippen LogP contribution in [0.15, 0.2) is 30.3 Å².